The topological polar surface area (TPSA) is 61.4 Å². The Labute approximate surface area is 167 Å². The van der Waals surface area contributed by atoms with Crippen LogP contribution in [0.15, 0.2) is 54.6 Å². The van der Waals surface area contributed by atoms with Crippen LogP contribution in [0.1, 0.15) is 42.1 Å². The first-order valence-electron chi connectivity index (χ1n) is 10.0. The minimum Gasteiger partial charge on any atom is -0.348 e. The zero-order chi connectivity index (χ0) is 19.8. The lowest BCUT2D eigenvalue weighted by Gasteiger charge is -2.33. The van der Waals surface area contributed by atoms with Crippen molar-refractivity contribution in [2.24, 2.45) is 0 Å². The summed E-state index contributed by atoms with van der Waals surface area (Å²) in [5.41, 5.74) is 2.60. The number of nitrogens with zero attached hydrogens (tertiary/aromatic N) is 1. The van der Waals surface area contributed by atoms with Crippen LogP contribution in [0.3, 0.4) is 0 Å². The van der Waals surface area contributed by atoms with Gasteiger partial charge < -0.3 is 15.5 Å². The molecule has 1 atom stereocenters. The molecule has 5 nitrogen and oxygen atoms in total. The number of nitrogens with one attached hydrogen (secondary N) is 2. The van der Waals surface area contributed by atoms with Crippen LogP contribution in [0.4, 0.5) is 5.69 Å². The molecule has 0 radical (unpaired) electrons. The van der Waals surface area contributed by atoms with Gasteiger partial charge in [0.15, 0.2) is 0 Å². The number of hydrogen-bond donors (Lipinski definition) is 2. The van der Waals surface area contributed by atoms with E-state index in [1.54, 1.807) is 24.3 Å². The highest BCUT2D eigenvalue weighted by Gasteiger charge is 2.21. The van der Waals surface area contributed by atoms with Gasteiger partial charge >= 0.3 is 0 Å². The molecule has 0 aliphatic carbocycles. The quantitative estimate of drug-likeness (QED) is 0.774. The lowest BCUT2D eigenvalue weighted by molar-refractivity contribution is -0.114. The molecule has 2 aromatic carbocycles. The van der Waals surface area contributed by atoms with E-state index in [4.69, 9.17) is 0 Å². The Hall–Kier alpha value is -2.66. The Morgan fingerprint density at radius 1 is 1.11 bits per heavy atom. The first-order chi connectivity index (χ1) is 13.6. The molecule has 1 fully saturated rings. The molecule has 0 aromatic heterocycles. The highest BCUT2D eigenvalue weighted by Crippen LogP contribution is 2.14. The minimum absolute atomic E-state index is 0.0802. The fourth-order valence-electron chi connectivity index (χ4n) is 3.74. The lowest BCUT2D eigenvalue weighted by Crippen LogP contribution is -2.47. The molecule has 1 aliphatic rings. The molecule has 2 amide bonds. The van der Waals surface area contributed by atoms with Crippen LogP contribution in [0.25, 0.3) is 0 Å². The molecule has 2 N–H and O–H groups in total. The Morgan fingerprint density at radius 3 is 2.71 bits per heavy atom. The molecule has 28 heavy (non-hydrogen) atoms. The summed E-state index contributed by atoms with van der Waals surface area (Å²) in [7, 11) is 0. The van der Waals surface area contributed by atoms with E-state index in [1.165, 1.54) is 12.5 Å². The third kappa shape index (κ3) is 6.20. The van der Waals surface area contributed by atoms with Gasteiger partial charge in [-0.15, -0.1) is 0 Å². The zero-order valence-electron chi connectivity index (χ0n) is 16.5. The number of carbonyl (C=O) groups is 2. The van der Waals surface area contributed by atoms with Crippen LogP contribution in [-0.2, 0) is 11.2 Å². The molecule has 5 heteroatoms. The van der Waals surface area contributed by atoms with Crippen LogP contribution in [0, 0.1) is 0 Å². The summed E-state index contributed by atoms with van der Waals surface area (Å²) in [5.74, 6) is -0.223. The second-order valence-corrected chi connectivity index (χ2v) is 7.46. The number of amides is 2. The van der Waals surface area contributed by atoms with E-state index in [9.17, 15) is 9.59 Å². The van der Waals surface area contributed by atoms with Crippen molar-refractivity contribution in [1.29, 1.82) is 0 Å². The summed E-state index contributed by atoms with van der Waals surface area (Å²) < 4.78 is 0. The van der Waals surface area contributed by atoms with Gasteiger partial charge in [-0.1, -0.05) is 36.4 Å². The number of carbonyl (C=O) groups excluding carboxylic acids is 2. The highest BCUT2D eigenvalue weighted by molar-refractivity contribution is 5.96. The van der Waals surface area contributed by atoms with E-state index >= 15 is 0 Å². The van der Waals surface area contributed by atoms with E-state index in [-0.39, 0.29) is 17.9 Å². The summed E-state index contributed by atoms with van der Waals surface area (Å²) in [6.45, 7) is 4.51. The summed E-state index contributed by atoms with van der Waals surface area (Å²) in [6.07, 6.45) is 4.32. The molecule has 0 spiro atoms. The van der Waals surface area contributed by atoms with Gasteiger partial charge in [0.25, 0.3) is 5.91 Å². The maximum atomic E-state index is 12.6. The number of aryl methyl sites for hydroxylation is 1. The van der Waals surface area contributed by atoms with Crippen molar-refractivity contribution < 1.29 is 9.59 Å². The monoisotopic (exact) mass is 379 g/mol. The van der Waals surface area contributed by atoms with Crippen LogP contribution >= 0.6 is 0 Å². The molecule has 1 heterocycles. The molecule has 1 unspecified atom stereocenters. The molecule has 1 saturated heterocycles. The Morgan fingerprint density at radius 2 is 1.93 bits per heavy atom. The van der Waals surface area contributed by atoms with Crippen LogP contribution in [0.2, 0.25) is 0 Å². The number of hydrogen-bond acceptors (Lipinski definition) is 3. The molecule has 2 aromatic rings. The van der Waals surface area contributed by atoms with Crippen molar-refractivity contribution in [3.05, 3.63) is 65.7 Å². The summed E-state index contributed by atoms with van der Waals surface area (Å²) in [6, 6.07) is 17.8. The first kappa shape index (κ1) is 20.1. The zero-order valence-corrected chi connectivity index (χ0v) is 16.5. The van der Waals surface area contributed by atoms with E-state index in [2.05, 4.69) is 39.8 Å². The summed E-state index contributed by atoms with van der Waals surface area (Å²) in [5, 5.41) is 5.88. The van der Waals surface area contributed by atoms with Crippen molar-refractivity contribution in [2.75, 3.05) is 25.0 Å². The van der Waals surface area contributed by atoms with Crippen molar-refractivity contribution in [3.63, 3.8) is 0 Å². The average molecular weight is 380 g/mol. The highest BCUT2D eigenvalue weighted by atomic mass is 16.2. The fourth-order valence-corrected chi connectivity index (χ4v) is 3.74. The second-order valence-electron chi connectivity index (χ2n) is 7.46. The van der Waals surface area contributed by atoms with E-state index in [1.807, 2.05) is 6.07 Å². The number of benzene rings is 2. The van der Waals surface area contributed by atoms with Crippen molar-refractivity contribution in [1.82, 2.24) is 10.2 Å². The van der Waals surface area contributed by atoms with Crippen LogP contribution < -0.4 is 10.6 Å². The standard InChI is InChI=1S/C23H29N3O2/c1-18(27)24-21-12-5-11-20(16-21)23(28)25-22-13-7-15-26(17-22)14-6-10-19-8-3-2-4-9-19/h2-5,8-9,11-12,16,22H,6-7,10,13-15,17H2,1H3,(H,24,27)(H,25,28). The molecule has 1 aliphatic heterocycles. The van der Waals surface area contributed by atoms with Gasteiger partial charge in [0.05, 0.1) is 0 Å². The Balaban J connectivity index is 1.47. The Kier molecular flexibility index (Phi) is 7.20. The normalized spacial score (nSPS) is 17.1. The predicted octanol–water partition coefficient (Wildman–Crippen LogP) is 3.47. The van der Waals surface area contributed by atoms with Crippen molar-refractivity contribution in [2.45, 2.75) is 38.6 Å². The van der Waals surface area contributed by atoms with Crippen molar-refractivity contribution >= 4 is 17.5 Å². The van der Waals surface area contributed by atoms with E-state index < -0.39 is 0 Å². The second kappa shape index (κ2) is 10.0. The third-order valence-electron chi connectivity index (χ3n) is 5.07. The van der Waals surface area contributed by atoms with Gasteiger partial charge in [-0.25, -0.2) is 0 Å². The third-order valence-corrected chi connectivity index (χ3v) is 5.07. The van der Waals surface area contributed by atoms with Gasteiger partial charge in [-0.2, -0.15) is 0 Å². The van der Waals surface area contributed by atoms with Gasteiger partial charge in [-0.05, 0) is 62.5 Å². The van der Waals surface area contributed by atoms with Gasteiger partial charge in [0.2, 0.25) is 5.91 Å². The number of likely N-dealkylation sites (tertiary alicyclic amines) is 1. The fraction of sp³-hybridized carbons (Fsp3) is 0.391. The van der Waals surface area contributed by atoms with E-state index in [0.717, 1.165) is 45.3 Å². The van der Waals surface area contributed by atoms with Gasteiger partial charge in [-0.3, -0.25) is 9.59 Å². The van der Waals surface area contributed by atoms with Gasteiger partial charge in [0.1, 0.15) is 0 Å². The Bertz CT molecular complexity index is 791. The molecule has 3 rings (SSSR count). The molecular formula is C23H29N3O2. The van der Waals surface area contributed by atoms with E-state index in [0.29, 0.717) is 11.3 Å². The maximum Gasteiger partial charge on any atom is 0.251 e. The summed E-state index contributed by atoms with van der Waals surface area (Å²) in [4.78, 5) is 26.3. The smallest absolute Gasteiger partial charge is 0.251 e. The average Bonchev–Trinajstić information content (AvgIpc) is 2.69. The van der Waals surface area contributed by atoms with Crippen LogP contribution in [0.5, 0.6) is 0 Å². The lowest BCUT2D eigenvalue weighted by atomic mass is 10.0. The number of piperidine rings is 1. The molecule has 0 bridgehead atoms. The molecule has 148 valence electrons. The SMILES string of the molecule is CC(=O)Nc1cccc(C(=O)NC2CCCN(CCCc3ccccc3)C2)c1. The molecular weight excluding hydrogens is 350 g/mol. The maximum absolute atomic E-state index is 12.6. The first-order valence-corrected chi connectivity index (χ1v) is 10.0. The predicted molar refractivity (Wildman–Crippen MR) is 112 cm³/mol. The molecule has 0 saturated carbocycles. The number of anilines is 1. The minimum atomic E-state index is -0.143. The largest absolute Gasteiger partial charge is 0.348 e. The number of rotatable bonds is 7. The van der Waals surface area contributed by atoms with Crippen molar-refractivity contribution in [3.8, 4) is 0 Å². The van der Waals surface area contributed by atoms with Crippen LogP contribution in [-0.4, -0.2) is 42.4 Å². The van der Waals surface area contributed by atoms with Gasteiger partial charge in [0, 0.05) is 30.8 Å². The summed E-state index contributed by atoms with van der Waals surface area (Å²) >= 11 is 0.